The van der Waals surface area contributed by atoms with Gasteiger partial charge in [0.15, 0.2) is 0 Å². The third-order valence-electron chi connectivity index (χ3n) is 4.01. The van der Waals surface area contributed by atoms with Gasteiger partial charge < -0.3 is 10.6 Å². The number of amides is 1. The third-order valence-corrected chi connectivity index (χ3v) is 4.01. The second-order valence-electron chi connectivity index (χ2n) is 6.98. The number of carbonyl (C=O) groups excluding carboxylic acids is 1. The van der Waals surface area contributed by atoms with Crippen molar-refractivity contribution >= 4 is 18.3 Å². The zero-order valence-electron chi connectivity index (χ0n) is 13.5. The summed E-state index contributed by atoms with van der Waals surface area (Å²) in [5, 5.41) is 6.41. The van der Waals surface area contributed by atoms with Crippen molar-refractivity contribution in [3.05, 3.63) is 35.6 Å². The summed E-state index contributed by atoms with van der Waals surface area (Å²) in [4.78, 5) is 12.3. The zero-order chi connectivity index (χ0) is 15.5. The summed E-state index contributed by atoms with van der Waals surface area (Å²) in [5.41, 5.74) is 0.823. The van der Waals surface area contributed by atoms with Gasteiger partial charge in [-0.3, -0.25) is 4.79 Å². The van der Waals surface area contributed by atoms with E-state index in [-0.39, 0.29) is 35.6 Å². The molecule has 0 radical (unpaired) electrons. The molecule has 1 heterocycles. The average molecular weight is 329 g/mol. The molecule has 0 aliphatic carbocycles. The SMILES string of the molecule is CC(C)(C)C(NC(=O)CC1CCNC1)c1ccc(F)cc1.Cl. The van der Waals surface area contributed by atoms with Crippen LogP contribution in [0.1, 0.15) is 45.2 Å². The number of hydrogen-bond donors (Lipinski definition) is 2. The molecule has 0 aromatic heterocycles. The maximum absolute atomic E-state index is 13.1. The van der Waals surface area contributed by atoms with Gasteiger partial charge in [-0.1, -0.05) is 32.9 Å². The quantitative estimate of drug-likeness (QED) is 0.888. The van der Waals surface area contributed by atoms with Crippen molar-refractivity contribution in [1.82, 2.24) is 10.6 Å². The molecule has 5 heteroatoms. The van der Waals surface area contributed by atoms with E-state index in [1.165, 1.54) is 12.1 Å². The Labute approximate surface area is 138 Å². The Hall–Kier alpha value is -1.13. The number of benzene rings is 1. The molecular weight excluding hydrogens is 303 g/mol. The highest BCUT2D eigenvalue weighted by Crippen LogP contribution is 2.33. The van der Waals surface area contributed by atoms with Crippen molar-refractivity contribution in [3.8, 4) is 0 Å². The van der Waals surface area contributed by atoms with Crippen molar-refractivity contribution < 1.29 is 9.18 Å². The molecule has 2 rings (SSSR count). The molecule has 0 bridgehead atoms. The molecule has 3 nitrogen and oxygen atoms in total. The number of nitrogens with one attached hydrogen (secondary N) is 2. The molecule has 0 saturated carbocycles. The largest absolute Gasteiger partial charge is 0.349 e. The normalized spacial score (nSPS) is 19.4. The van der Waals surface area contributed by atoms with Gasteiger partial charge in [0.05, 0.1) is 6.04 Å². The number of carbonyl (C=O) groups is 1. The number of hydrogen-bond acceptors (Lipinski definition) is 2. The predicted octanol–water partition coefficient (Wildman–Crippen LogP) is 3.45. The molecule has 1 aliphatic rings. The Morgan fingerprint density at radius 3 is 2.50 bits per heavy atom. The molecular formula is C17H26ClFN2O. The first-order valence-corrected chi connectivity index (χ1v) is 7.62. The van der Waals surface area contributed by atoms with Crippen LogP contribution < -0.4 is 10.6 Å². The maximum atomic E-state index is 13.1. The Kier molecular flexibility index (Phi) is 6.82. The zero-order valence-corrected chi connectivity index (χ0v) is 14.3. The van der Waals surface area contributed by atoms with Crippen LogP contribution in [0.4, 0.5) is 4.39 Å². The van der Waals surface area contributed by atoms with Gasteiger partial charge in [0.1, 0.15) is 5.82 Å². The molecule has 1 saturated heterocycles. The van der Waals surface area contributed by atoms with Crippen LogP contribution in [0.3, 0.4) is 0 Å². The van der Waals surface area contributed by atoms with E-state index >= 15 is 0 Å². The Balaban J connectivity index is 0.00000242. The highest BCUT2D eigenvalue weighted by Gasteiger charge is 2.29. The van der Waals surface area contributed by atoms with E-state index in [2.05, 4.69) is 31.4 Å². The molecule has 0 spiro atoms. The lowest BCUT2D eigenvalue weighted by Crippen LogP contribution is -2.37. The standard InChI is InChI=1S/C17H25FN2O.ClH/c1-17(2,3)16(13-4-6-14(18)7-5-13)20-15(21)10-12-8-9-19-11-12;/h4-7,12,16,19H,8-11H2,1-3H3,(H,20,21);1H. The van der Waals surface area contributed by atoms with Gasteiger partial charge in [0, 0.05) is 6.42 Å². The van der Waals surface area contributed by atoms with Gasteiger partial charge in [-0.25, -0.2) is 4.39 Å². The summed E-state index contributed by atoms with van der Waals surface area (Å²) in [7, 11) is 0. The average Bonchev–Trinajstić information content (AvgIpc) is 2.89. The van der Waals surface area contributed by atoms with Crippen LogP contribution >= 0.6 is 12.4 Å². The van der Waals surface area contributed by atoms with Crippen LogP contribution in [0.25, 0.3) is 0 Å². The summed E-state index contributed by atoms with van der Waals surface area (Å²) in [6.45, 7) is 8.16. The van der Waals surface area contributed by atoms with E-state index in [4.69, 9.17) is 0 Å². The van der Waals surface area contributed by atoms with Gasteiger partial charge >= 0.3 is 0 Å². The van der Waals surface area contributed by atoms with Crippen LogP contribution in [0.2, 0.25) is 0 Å². The first-order valence-electron chi connectivity index (χ1n) is 7.62. The van der Waals surface area contributed by atoms with E-state index in [1.807, 2.05) is 0 Å². The molecule has 2 atom stereocenters. The summed E-state index contributed by atoms with van der Waals surface area (Å²) >= 11 is 0. The second kappa shape index (κ2) is 7.93. The van der Waals surface area contributed by atoms with Crippen LogP contribution in [-0.2, 0) is 4.79 Å². The molecule has 1 aliphatic heterocycles. The van der Waals surface area contributed by atoms with Crippen LogP contribution in [-0.4, -0.2) is 19.0 Å². The smallest absolute Gasteiger partial charge is 0.220 e. The Morgan fingerprint density at radius 1 is 1.36 bits per heavy atom. The van der Waals surface area contributed by atoms with Gasteiger partial charge in [-0.15, -0.1) is 12.4 Å². The highest BCUT2D eigenvalue weighted by atomic mass is 35.5. The topological polar surface area (TPSA) is 41.1 Å². The van der Waals surface area contributed by atoms with Gasteiger partial charge in [-0.2, -0.15) is 0 Å². The minimum atomic E-state index is -0.255. The second-order valence-corrected chi connectivity index (χ2v) is 6.98. The summed E-state index contributed by atoms with van der Waals surface area (Å²) in [6, 6.07) is 6.29. The molecule has 1 aromatic rings. The van der Waals surface area contributed by atoms with Crippen LogP contribution in [0.15, 0.2) is 24.3 Å². The lowest BCUT2D eigenvalue weighted by atomic mass is 9.82. The van der Waals surface area contributed by atoms with E-state index in [0.29, 0.717) is 12.3 Å². The third kappa shape index (κ3) is 5.25. The lowest BCUT2D eigenvalue weighted by Gasteiger charge is -2.32. The number of rotatable bonds is 4. The van der Waals surface area contributed by atoms with Crippen LogP contribution in [0.5, 0.6) is 0 Å². The fraction of sp³-hybridized carbons (Fsp3) is 0.588. The predicted molar refractivity (Wildman–Crippen MR) is 89.6 cm³/mol. The first-order chi connectivity index (χ1) is 9.86. The summed E-state index contributed by atoms with van der Waals surface area (Å²) < 4.78 is 13.1. The molecule has 124 valence electrons. The Bertz CT molecular complexity index is 478. The van der Waals surface area contributed by atoms with Crippen LogP contribution in [0, 0.1) is 17.2 Å². The van der Waals surface area contributed by atoms with Crippen molar-refractivity contribution in [2.24, 2.45) is 11.3 Å². The van der Waals surface area contributed by atoms with E-state index in [9.17, 15) is 9.18 Å². The van der Waals surface area contributed by atoms with Gasteiger partial charge in [0.2, 0.25) is 5.91 Å². The first kappa shape index (κ1) is 18.9. The van der Waals surface area contributed by atoms with Gasteiger partial charge in [0.25, 0.3) is 0 Å². The molecule has 1 fully saturated rings. The minimum Gasteiger partial charge on any atom is -0.349 e. The van der Waals surface area contributed by atoms with Crippen molar-refractivity contribution in [1.29, 1.82) is 0 Å². The summed E-state index contributed by atoms with van der Waals surface area (Å²) in [6.07, 6.45) is 1.62. The van der Waals surface area contributed by atoms with Crippen molar-refractivity contribution in [2.75, 3.05) is 13.1 Å². The van der Waals surface area contributed by atoms with Gasteiger partial charge in [-0.05, 0) is 48.5 Å². The molecule has 2 N–H and O–H groups in total. The summed E-state index contributed by atoms with van der Waals surface area (Å²) in [5.74, 6) is 0.251. The molecule has 22 heavy (non-hydrogen) atoms. The number of halogens is 2. The molecule has 1 amide bonds. The minimum absolute atomic E-state index is 0. The maximum Gasteiger partial charge on any atom is 0.220 e. The lowest BCUT2D eigenvalue weighted by molar-refractivity contribution is -0.123. The van der Waals surface area contributed by atoms with Crippen molar-refractivity contribution in [2.45, 2.75) is 39.7 Å². The van der Waals surface area contributed by atoms with E-state index in [1.54, 1.807) is 12.1 Å². The Morgan fingerprint density at radius 2 is 2.00 bits per heavy atom. The molecule has 1 aromatic carbocycles. The molecule has 2 unspecified atom stereocenters. The fourth-order valence-corrected chi connectivity index (χ4v) is 2.83. The van der Waals surface area contributed by atoms with E-state index in [0.717, 1.165) is 25.1 Å². The van der Waals surface area contributed by atoms with Crippen molar-refractivity contribution in [3.63, 3.8) is 0 Å². The highest BCUT2D eigenvalue weighted by molar-refractivity contribution is 5.85. The van der Waals surface area contributed by atoms with E-state index < -0.39 is 0 Å². The monoisotopic (exact) mass is 328 g/mol. The fourth-order valence-electron chi connectivity index (χ4n) is 2.83.